The van der Waals surface area contributed by atoms with E-state index in [1.807, 2.05) is 0 Å². The fraction of sp³-hybridized carbons (Fsp3) is 0.400. The summed E-state index contributed by atoms with van der Waals surface area (Å²) in [5, 5.41) is 3.79. The van der Waals surface area contributed by atoms with Gasteiger partial charge in [-0.3, -0.25) is 0 Å². The molecule has 1 aromatic carbocycles. The Labute approximate surface area is 115 Å². The second-order valence-electron chi connectivity index (χ2n) is 5.48. The molecule has 20 heavy (non-hydrogen) atoms. The van der Waals surface area contributed by atoms with Crippen molar-refractivity contribution in [2.45, 2.75) is 32.1 Å². The SMILES string of the molecule is CC1CCCC1c1onc(N)c1-c1cc(F)cc(F)c1. The molecule has 2 aromatic rings. The molecule has 1 aromatic heterocycles. The first-order chi connectivity index (χ1) is 9.56. The summed E-state index contributed by atoms with van der Waals surface area (Å²) >= 11 is 0. The standard InChI is InChI=1S/C15H16F2N2O/c1-8-3-2-4-12(8)14-13(15(18)19-20-14)9-5-10(16)7-11(17)6-9/h5-8,12H,2-4H2,1H3,(H2,18,19). The van der Waals surface area contributed by atoms with E-state index in [4.69, 9.17) is 10.3 Å². The van der Waals surface area contributed by atoms with Crippen LogP contribution < -0.4 is 5.73 Å². The number of hydrogen-bond acceptors (Lipinski definition) is 3. The quantitative estimate of drug-likeness (QED) is 0.899. The lowest BCUT2D eigenvalue weighted by atomic mass is 9.90. The molecule has 1 aliphatic carbocycles. The molecule has 3 rings (SSSR count). The summed E-state index contributed by atoms with van der Waals surface area (Å²) in [6.45, 7) is 2.15. The third kappa shape index (κ3) is 2.17. The van der Waals surface area contributed by atoms with E-state index in [-0.39, 0.29) is 11.7 Å². The predicted molar refractivity (Wildman–Crippen MR) is 72.0 cm³/mol. The number of aromatic nitrogens is 1. The average Bonchev–Trinajstić information content (AvgIpc) is 2.93. The zero-order valence-corrected chi connectivity index (χ0v) is 11.2. The van der Waals surface area contributed by atoms with Gasteiger partial charge in [0.05, 0.1) is 5.56 Å². The lowest BCUT2D eigenvalue weighted by molar-refractivity contribution is 0.341. The normalized spacial score (nSPS) is 22.4. The van der Waals surface area contributed by atoms with Crippen LogP contribution in [0.2, 0.25) is 0 Å². The topological polar surface area (TPSA) is 52.0 Å². The third-order valence-corrected chi connectivity index (χ3v) is 4.09. The van der Waals surface area contributed by atoms with Gasteiger partial charge >= 0.3 is 0 Å². The molecule has 3 nitrogen and oxygen atoms in total. The molecule has 0 bridgehead atoms. The number of anilines is 1. The molecule has 1 saturated carbocycles. The molecule has 1 fully saturated rings. The van der Waals surface area contributed by atoms with E-state index < -0.39 is 11.6 Å². The van der Waals surface area contributed by atoms with Gasteiger partial charge in [-0.15, -0.1) is 0 Å². The summed E-state index contributed by atoms with van der Waals surface area (Å²) in [7, 11) is 0. The van der Waals surface area contributed by atoms with Gasteiger partial charge in [-0.2, -0.15) is 0 Å². The molecule has 2 N–H and O–H groups in total. The molecular weight excluding hydrogens is 262 g/mol. The highest BCUT2D eigenvalue weighted by Gasteiger charge is 2.32. The largest absolute Gasteiger partial charge is 0.380 e. The van der Waals surface area contributed by atoms with Crippen LogP contribution in [0, 0.1) is 17.6 Å². The molecule has 2 unspecified atom stereocenters. The van der Waals surface area contributed by atoms with Crippen LogP contribution in [0.25, 0.3) is 11.1 Å². The van der Waals surface area contributed by atoms with Crippen LogP contribution in [-0.4, -0.2) is 5.16 Å². The summed E-state index contributed by atoms with van der Waals surface area (Å²) in [6, 6.07) is 3.36. The monoisotopic (exact) mass is 278 g/mol. The van der Waals surface area contributed by atoms with Crippen LogP contribution in [0.15, 0.2) is 22.7 Å². The van der Waals surface area contributed by atoms with E-state index in [0.29, 0.717) is 22.8 Å². The molecule has 0 radical (unpaired) electrons. The van der Waals surface area contributed by atoms with E-state index in [1.165, 1.54) is 12.1 Å². The molecule has 1 aliphatic rings. The van der Waals surface area contributed by atoms with Crippen molar-refractivity contribution in [2.24, 2.45) is 5.92 Å². The van der Waals surface area contributed by atoms with Crippen molar-refractivity contribution < 1.29 is 13.3 Å². The summed E-state index contributed by atoms with van der Waals surface area (Å²) in [4.78, 5) is 0. The molecule has 1 heterocycles. The first kappa shape index (κ1) is 13.1. The van der Waals surface area contributed by atoms with Gasteiger partial charge in [0.15, 0.2) is 5.82 Å². The van der Waals surface area contributed by atoms with E-state index in [1.54, 1.807) is 0 Å². The van der Waals surface area contributed by atoms with Crippen molar-refractivity contribution >= 4 is 5.82 Å². The van der Waals surface area contributed by atoms with Crippen molar-refractivity contribution in [1.29, 1.82) is 0 Å². The van der Waals surface area contributed by atoms with Crippen molar-refractivity contribution in [3.8, 4) is 11.1 Å². The Balaban J connectivity index is 2.11. The Hall–Kier alpha value is -1.91. The van der Waals surface area contributed by atoms with E-state index in [9.17, 15) is 8.78 Å². The van der Waals surface area contributed by atoms with Crippen LogP contribution in [0.3, 0.4) is 0 Å². The summed E-state index contributed by atoms with van der Waals surface area (Å²) in [6.07, 6.45) is 3.21. The first-order valence-electron chi connectivity index (χ1n) is 6.77. The lowest BCUT2D eigenvalue weighted by Gasteiger charge is -2.13. The molecule has 0 amide bonds. The van der Waals surface area contributed by atoms with Gasteiger partial charge in [0, 0.05) is 12.0 Å². The fourth-order valence-electron chi connectivity index (χ4n) is 3.09. The first-order valence-corrected chi connectivity index (χ1v) is 6.77. The number of halogens is 2. The zero-order chi connectivity index (χ0) is 14.3. The van der Waals surface area contributed by atoms with Gasteiger partial charge in [-0.1, -0.05) is 18.5 Å². The molecule has 5 heteroatoms. The minimum Gasteiger partial charge on any atom is -0.380 e. The number of benzene rings is 1. The number of rotatable bonds is 2. The average molecular weight is 278 g/mol. The second kappa shape index (κ2) is 4.89. The highest BCUT2D eigenvalue weighted by Crippen LogP contribution is 2.44. The molecule has 0 aliphatic heterocycles. The molecule has 2 atom stereocenters. The van der Waals surface area contributed by atoms with Crippen LogP contribution in [0.4, 0.5) is 14.6 Å². The number of nitrogens with two attached hydrogens (primary N) is 1. The van der Waals surface area contributed by atoms with Crippen molar-refractivity contribution in [3.63, 3.8) is 0 Å². The van der Waals surface area contributed by atoms with Gasteiger partial charge in [-0.25, -0.2) is 8.78 Å². The Bertz CT molecular complexity index is 619. The number of hydrogen-bond donors (Lipinski definition) is 1. The van der Waals surface area contributed by atoms with Crippen LogP contribution in [0.5, 0.6) is 0 Å². The maximum atomic E-state index is 13.4. The van der Waals surface area contributed by atoms with Gasteiger partial charge in [-0.05, 0) is 36.5 Å². The highest BCUT2D eigenvalue weighted by atomic mass is 19.1. The fourth-order valence-corrected chi connectivity index (χ4v) is 3.09. The smallest absolute Gasteiger partial charge is 0.175 e. The van der Waals surface area contributed by atoms with E-state index in [2.05, 4.69) is 12.1 Å². The Kier molecular flexibility index (Phi) is 3.20. The summed E-state index contributed by atoms with van der Waals surface area (Å²) < 4.78 is 32.2. The zero-order valence-electron chi connectivity index (χ0n) is 11.2. The minimum atomic E-state index is -0.633. The van der Waals surface area contributed by atoms with Gasteiger partial charge in [0.2, 0.25) is 0 Å². The molecule has 0 spiro atoms. The van der Waals surface area contributed by atoms with E-state index >= 15 is 0 Å². The van der Waals surface area contributed by atoms with Crippen LogP contribution in [-0.2, 0) is 0 Å². The minimum absolute atomic E-state index is 0.184. The second-order valence-corrected chi connectivity index (χ2v) is 5.48. The lowest BCUT2D eigenvalue weighted by Crippen LogP contribution is -2.03. The third-order valence-electron chi connectivity index (χ3n) is 4.09. The molecule has 0 saturated heterocycles. The Morgan fingerprint density at radius 2 is 1.90 bits per heavy atom. The molecule has 106 valence electrons. The maximum absolute atomic E-state index is 13.4. The van der Waals surface area contributed by atoms with E-state index in [0.717, 1.165) is 25.3 Å². The maximum Gasteiger partial charge on any atom is 0.175 e. The highest BCUT2D eigenvalue weighted by molar-refractivity contribution is 5.76. The number of nitrogens with zero attached hydrogens (tertiary/aromatic N) is 1. The summed E-state index contributed by atoms with van der Waals surface area (Å²) in [5.74, 6) is 0.235. The molecular formula is C15H16F2N2O. The van der Waals surface area contributed by atoms with Crippen molar-refractivity contribution in [1.82, 2.24) is 5.16 Å². The van der Waals surface area contributed by atoms with Gasteiger partial charge in [0.25, 0.3) is 0 Å². The van der Waals surface area contributed by atoms with Crippen molar-refractivity contribution in [2.75, 3.05) is 5.73 Å². The van der Waals surface area contributed by atoms with Crippen LogP contribution in [0.1, 0.15) is 37.9 Å². The van der Waals surface area contributed by atoms with Crippen LogP contribution >= 0.6 is 0 Å². The van der Waals surface area contributed by atoms with Crippen molar-refractivity contribution in [3.05, 3.63) is 35.6 Å². The summed E-state index contributed by atoms with van der Waals surface area (Å²) in [5.41, 5.74) is 6.75. The Morgan fingerprint density at radius 1 is 1.20 bits per heavy atom. The van der Waals surface area contributed by atoms with Gasteiger partial charge in [0.1, 0.15) is 17.4 Å². The van der Waals surface area contributed by atoms with Gasteiger partial charge < -0.3 is 10.3 Å². The number of nitrogen functional groups attached to an aromatic ring is 1. The Morgan fingerprint density at radius 3 is 2.50 bits per heavy atom. The predicted octanol–water partition coefficient (Wildman–Crippen LogP) is 4.11.